The highest BCUT2D eigenvalue weighted by atomic mass is 16.4. The molecule has 1 saturated carbocycles. The lowest BCUT2D eigenvalue weighted by molar-refractivity contribution is -0.138. The van der Waals surface area contributed by atoms with E-state index in [1.54, 1.807) is 0 Å². The second-order valence-corrected chi connectivity index (χ2v) is 5.51. The van der Waals surface area contributed by atoms with E-state index in [1.807, 2.05) is 11.8 Å². The number of amides is 1. The average Bonchev–Trinajstić information content (AvgIpc) is 2.84. The number of oxime groups is 1. The van der Waals surface area contributed by atoms with Crippen molar-refractivity contribution in [1.29, 1.82) is 0 Å². The average molecular weight is 255 g/mol. The first-order valence-electron chi connectivity index (χ1n) is 6.75. The molecule has 0 radical (unpaired) electrons. The number of carbonyl (C=O) groups is 1. The Morgan fingerprint density at radius 3 is 2.39 bits per heavy atom. The maximum atomic E-state index is 12.7. The number of hydrogen-bond donors (Lipinski definition) is 2. The molecule has 0 atom stereocenters. The third kappa shape index (κ3) is 2.76. The Bertz CT molecular complexity index is 320. The monoisotopic (exact) mass is 255 g/mol. The highest BCUT2D eigenvalue weighted by Crippen LogP contribution is 2.40. The van der Waals surface area contributed by atoms with Crippen molar-refractivity contribution in [3.63, 3.8) is 0 Å². The molecule has 0 aromatic carbocycles. The first-order valence-corrected chi connectivity index (χ1v) is 6.75. The molecule has 5 heteroatoms. The van der Waals surface area contributed by atoms with Crippen molar-refractivity contribution in [2.45, 2.75) is 46.5 Å². The van der Waals surface area contributed by atoms with Gasteiger partial charge in [0, 0.05) is 13.1 Å². The van der Waals surface area contributed by atoms with Gasteiger partial charge in [0.1, 0.15) is 5.41 Å². The highest BCUT2D eigenvalue weighted by molar-refractivity contribution is 6.07. The van der Waals surface area contributed by atoms with Crippen LogP contribution in [0.1, 0.15) is 46.5 Å². The number of carbonyl (C=O) groups excluding carboxylic acids is 1. The molecule has 0 bridgehead atoms. The van der Waals surface area contributed by atoms with Gasteiger partial charge in [0.25, 0.3) is 0 Å². The van der Waals surface area contributed by atoms with Gasteiger partial charge in [-0.25, -0.2) is 0 Å². The summed E-state index contributed by atoms with van der Waals surface area (Å²) >= 11 is 0. The quantitative estimate of drug-likeness (QED) is 0.340. The Labute approximate surface area is 109 Å². The minimum atomic E-state index is -0.764. The van der Waals surface area contributed by atoms with Crippen molar-refractivity contribution in [1.82, 2.24) is 4.90 Å². The topological polar surface area (TPSA) is 78.9 Å². The van der Waals surface area contributed by atoms with Gasteiger partial charge < -0.3 is 15.8 Å². The molecule has 1 aliphatic rings. The lowest BCUT2D eigenvalue weighted by atomic mass is 9.83. The van der Waals surface area contributed by atoms with Gasteiger partial charge in [0.05, 0.1) is 0 Å². The summed E-state index contributed by atoms with van der Waals surface area (Å²) in [5.41, 5.74) is 5.03. The van der Waals surface area contributed by atoms with Crippen LogP contribution in [-0.4, -0.2) is 34.9 Å². The number of rotatable bonds is 5. The molecule has 1 rings (SSSR count). The van der Waals surface area contributed by atoms with E-state index in [4.69, 9.17) is 10.9 Å². The van der Waals surface area contributed by atoms with E-state index < -0.39 is 5.41 Å². The van der Waals surface area contributed by atoms with Crippen LogP contribution >= 0.6 is 0 Å². The second-order valence-electron chi connectivity index (χ2n) is 5.51. The van der Waals surface area contributed by atoms with E-state index >= 15 is 0 Å². The predicted octanol–water partition coefficient (Wildman–Crippen LogP) is 1.80. The fourth-order valence-electron chi connectivity index (χ4n) is 2.75. The molecule has 0 aliphatic heterocycles. The number of hydrogen-bond acceptors (Lipinski definition) is 3. The Morgan fingerprint density at radius 1 is 1.44 bits per heavy atom. The van der Waals surface area contributed by atoms with Gasteiger partial charge in [-0.2, -0.15) is 0 Å². The molecule has 0 spiro atoms. The zero-order valence-corrected chi connectivity index (χ0v) is 11.6. The molecule has 1 aliphatic carbocycles. The first-order chi connectivity index (χ1) is 8.47. The zero-order chi connectivity index (χ0) is 13.8. The molecule has 0 unspecified atom stereocenters. The van der Waals surface area contributed by atoms with Crippen LogP contribution in [0.15, 0.2) is 5.16 Å². The number of amidine groups is 1. The maximum absolute atomic E-state index is 12.7. The fraction of sp³-hybridized carbons (Fsp3) is 0.846. The van der Waals surface area contributed by atoms with Crippen molar-refractivity contribution in [2.24, 2.45) is 22.2 Å². The highest BCUT2D eigenvalue weighted by Gasteiger charge is 2.47. The van der Waals surface area contributed by atoms with Crippen LogP contribution in [0.3, 0.4) is 0 Å². The predicted molar refractivity (Wildman–Crippen MR) is 71.4 cm³/mol. The maximum Gasteiger partial charge on any atom is 0.236 e. The van der Waals surface area contributed by atoms with E-state index in [-0.39, 0.29) is 11.7 Å². The molecule has 18 heavy (non-hydrogen) atoms. The van der Waals surface area contributed by atoms with Crippen LogP contribution in [0.2, 0.25) is 0 Å². The minimum absolute atomic E-state index is 0.0199. The van der Waals surface area contributed by atoms with Gasteiger partial charge in [0.15, 0.2) is 5.84 Å². The van der Waals surface area contributed by atoms with Crippen molar-refractivity contribution in [3.05, 3.63) is 0 Å². The molecule has 5 nitrogen and oxygen atoms in total. The molecular formula is C13H25N3O2. The lowest BCUT2D eigenvalue weighted by Crippen LogP contribution is -2.50. The summed E-state index contributed by atoms with van der Waals surface area (Å²) in [6.45, 7) is 7.52. The van der Waals surface area contributed by atoms with Gasteiger partial charge in [0.2, 0.25) is 5.91 Å². The van der Waals surface area contributed by atoms with E-state index in [1.165, 1.54) is 0 Å². The Morgan fingerprint density at radius 2 is 2.00 bits per heavy atom. The standard InChI is InChI=1S/C13H25N3O2/c1-4-16(9-10(2)3)12(17)13(11(14)15-18)7-5-6-8-13/h10,18H,4-9H2,1-3H3,(H2,14,15). The Balaban J connectivity index is 2.95. The summed E-state index contributed by atoms with van der Waals surface area (Å²) < 4.78 is 0. The normalized spacial score (nSPS) is 19.2. The van der Waals surface area contributed by atoms with E-state index in [2.05, 4.69) is 19.0 Å². The van der Waals surface area contributed by atoms with Crippen LogP contribution in [0, 0.1) is 11.3 Å². The Kier molecular flexibility index (Phi) is 4.99. The van der Waals surface area contributed by atoms with Crippen LogP contribution in [-0.2, 0) is 4.79 Å². The van der Waals surface area contributed by atoms with E-state index in [0.717, 1.165) is 19.4 Å². The van der Waals surface area contributed by atoms with Crippen molar-refractivity contribution < 1.29 is 10.0 Å². The summed E-state index contributed by atoms with van der Waals surface area (Å²) in [5.74, 6) is 0.512. The largest absolute Gasteiger partial charge is 0.409 e. The summed E-state index contributed by atoms with van der Waals surface area (Å²) in [5, 5.41) is 12.0. The molecule has 1 fully saturated rings. The lowest BCUT2D eigenvalue weighted by Gasteiger charge is -2.33. The summed E-state index contributed by atoms with van der Waals surface area (Å²) in [6.07, 6.45) is 3.30. The SMILES string of the molecule is CCN(CC(C)C)C(=O)C1(C(N)=NO)CCCC1. The van der Waals surface area contributed by atoms with Crippen LogP contribution in [0.4, 0.5) is 0 Å². The van der Waals surface area contributed by atoms with Crippen molar-refractivity contribution in [3.8, 4) is 0 Å². The van der Waals surface area contributed by atoms with Gasteiger partial charge in [-0.1, -0.05) is 31.8 Å². The number of nitrogens with zero attached hydrogens (tertiary/aromatic N) is 2. The minimum Gasteiger partial charge on any atom is -0.409 e. The van der Waals surface area contributed by atoms with Crippen LogP contribution in [0.25, 0.3) is 0 Å². The van der Waals surface area contributed by atoms with Gasteiger partial charge in [-0.05, 0) is 25.7 Å². The van der Waals surface area contributed by atoms with Crippen LogP contribution in [0.5, 0.6) is 0 Å². The molecule has 0 aromatic heterocycles. The third-order valence-electron chi connectivity index (χ3n) is 3.72. The molecule has 104 valence electrons. The third-order valence-corrected chi connectivity index (χ3v) is 3.72. The molecule has 1 amide bonds. The molecular weight excluding hydrogens is 230 g/mol. The zero-order valence-electron chi connectivity index (χ0n) is 11.6. The van der Waals surface area contributed by atoms with Crippen LogP contribution < -0.4 is 5.73 Å². The van der Waals surface area contributed by atoms with Gasteiger partial charge in [-0.3, -0.25) is 4.79 Å². The van der Waals surface area contributed by atoms with E-state index in [0.29, 0.717) is 25.3 Å². The summed E-state index contributed by atoms with van der Waals surface area (Å²) in [6, 6.07) is 0. The summed E-state index contributed by atoms with van der Waals surface area (Å²) in [4.78, 5) is 14.5. The molecule has 3 N–H and O–H groups in total. The van der Waals surface area contributed by atoms with Gasteiger partial charge in [-0.15, -0.1) is 0 Å². The van der Waals surface area contributed by atoms with Gasteiger partial charge >= 0.3 is 0 Å². The summed E-state index contributed by atoms with van der Waals surface area (Å²) in [7, 11) is 0. The Hall–Kier alpha value is -1.26. The second kappa shape index (κ2) is 6.07. The van der Waals surface area contributed by atoms with Crippen molar-refractivity contribution in [2.75, 3.05) is 13.1 Å². The molecule has 0 heterocycles. The van der Waals surface area contributed by atoms with Crippen molar-refractivity contribution >= 4 is 11.7 Å². The fourth-order valence-corrected chi connectivity index (χ4v) is 2.75. The van der Waals surface area contributed by atoms with E-state index in [9.17, 15) is 4.79 Å². The smallest absolute Gasteiger partial charge is 0.236 e. The number of nitrogens with two attached hydrogens (primary N) is 1. The first kappa shape index (κ1) is 14.8. The molecule has 0 aromatic rings. The molecule has 0 saturated heterocycles.